The lowest BCUT2D eigenvalue weighted by Gasteiger charge is -2.29. The highest BCUT2D eigenvalue weighted by Crippen LogP contribution is 2.35. The number of aryl methyl sites for hydroxylation is 1. The van der Waals surface area contributed by atoms with Crippen LogP contribution < -0.4 is 20.1 Å². The summed E-state index contributed by atoms with van der Waals surface area (Å²) in [7, 11) is 5.14. The van der Waals surface area contributed by atoms with Gasteiger partial charge in [0.2, 0.25) is 5.95 Å². The van der Waals surface area contributed by atoms with Crippen molar-refractivity contribution in [1.82, 2.24) is 19.7 Å². The lowest BCUT2D eigenvalue weighted by molar-refractivity contribution is -0.135. The number of piperidine rings is 1. The lowest BCUT2D eigenvalue weighted by Crippen LogP contribution is -2.42. The highest BCUT2D eigenvalue weighted by molar-refractivity contribution is 6.35. The van der Waals surface area contributed by atoms with Gasteiger partial charge in [0.15, 0.2) is 23.9 Å². The Bertz CT molecular complexity index is 1290. The number of anilines is 3. The number of rotatable bonds is 9. The van der Waals surface area contributed by atoms with Gasteiger partial charge in [0, 0.05) is 44.0 Å². The SMILES string of the molecule is C=Cc1c(NC)ccc(Nc2nc(-c3ccc(OCC(=O)N4CCC(O)CC4)c(OC)c3)nn2C)c1Cl. The zero-order chi connectivity index (χ0) is 26.5. The molecule has 0 atom stereocenters. The summed E-state index contributed by atoms with van der Waals surface area (Å²) in [6.45, 7) is 4.79. The Morgan fingerprint density at radius 3 is 2.65 bits per heavy atom. The molecule has 0 saturated carbocycles. The predicted octanol–water partition coefficient (Wildman–Crippen LogP) is 3.93. The van der Waals surface area contributed by atoms with Crippen LogP contribution in [0.1, 0.15) is 18.4 Å². The maximum absolute atomic E-state index is 12.5. The van der Waals surface area contributed by atoms with E-state index in [0.29, 0.717) is 65.5 Å². The molecule has 2 heterocycles. The van der Waals surface area contributed by atoms with Crippen molar-refractivity contribution in [2.24, 2.45) is 7.05 Å². The fourth-order valence-electron chi connectivity index (χ4n) is 4.12. The molecule has 11 heteroatoms. The monoisotopic (exact) mass is 526 g/mol. The minimum Gasteiger partial charge on any atom is -0.493 e. The zero-order valence-corrected chi connectivity index (χ0v) is 21.9. The maximum Gasteiger partial charge on any atom is 0.260 e. The van der Waals surface area contributed by atoms with E-state index in [-0.39, 0.29) is 18.6 Å². The van der Waals surface area contributed by atoms with Crippen LogP contribution >= 0.6 is 11.6 Å². The number of aliphatic hydroxyl groups is 1. The number of carbonyl (C=O) groups excluding carboxylic acids is 1. The molecule has 0 bridgehead atoms. The molecule has 1 amide bonds. The van der Waals surface area contributed by atoms with E-state index in [1.54, 1.807) is 34.8 Å². The third-order valence-corrected chi connectivity index (χ3v) is 6.66. The number of aromatic nitrogens is 3. The first kappa shape index (κ1) is 26.3. The van der Waals surface area contributed by atoms with Crippen molar-refractivity contribution in [1.29, 1.82) is 0 Å². The smallest absolute Gasteiger partial charge is 0.260 e. The van der Waals surface area contributed by atoms with Crippen LogP contribution in [0, 0.1) is 0 Å². The van der Waals surface area contributed by atoms with Gasteiger partial charge in [0.1, 0.15) is 0 Å². The minimum atomic E-state index is -0.339. The molecule has 4 rings (SSSR count). The minimum absolute atomic E-state index is 0.110. The van der Waals surface area contributed by atoms with Gasteiger partial charge in [-0.15, -0.1) is 5.10 Å². The second kappa shape index (κ2) is 11.5. The van der Waals surface area contributed by atoms with E-state index < -0.39 is 0 Å². The maximum atomic E-state index is 12.5. The van der Waals surface area contributed by atoms with Crippen molar-refractivity contribution in [3.05, 3.63) is 47.5 Å². The third-order valence-electron chi connectivity index (χ3n) is 6.25. The lowest BCUT2D eigenvalue weighted by atomic mass is 10.1. The van der Waals surface area contributed by atoms with E-state index in [4.69, 9.17) is 21.1 Å². The van der Waals surface area contributed by atoms with Crippen molar-refractivity contribution in [2.75, 3.05) is 44.5 Å². The molecule has 196 valence electrons. The average molecular weight is 527 g/mol. The number of amides is 1. The predicted molar refractivity (Wildman–Crippen MR) is 145 cm³/mol. The Balaban J connectivity index is 1.48. The quantitative estimate of drug-likeness (QED) is 0.384. The summed E-state index contributed by atoms with van der Waals surface area (Å²) in [5.74, 6) is 1.76. The number of carbonyl (C=O) groups is 1. The van der Waals surface area contributed by atoms with Gasteiger partial charge in [0.25, 0.3) is 5.91 Å². The molecule has 1 aliphatic heterocycles. The zero-order valence-electron chi connectivity index (χ0n) is 21.1. The van der Waals surface area contributed by atoms with Crippen LogP contribution in [-0.4, -0.2) is 70.6 Å². The van der Waals surface area contributed by atoms with E-state index in [0.717, 1.165) is 11.3 Å². The van der Waals surface area contributed by atoms with Crippen molar-refractivity contribution < 1.29 is 19.4 Å². The number of aliphatic hydroxyl groups excluding tert-OH is 1. The molecule has 0 aliphatic carbocycles. The van der Waals surface area contributed by atoms with Crippen LogP contribution in [0.4, 0.5) is 17.3 Å². The Labute approximate surface area is 220 Å². The molecular weight excluding hydrogens is 496 g/mol. The second-order valence-electron chi connectivity index (χ2n) is 8.62. The number of nitrogens with zero attached hydrogens (tertiary/aromatic N) is 4. The molecular formula is C26H31ClN6O4. The van der Waals surface area contributed by atoms with Crippen LogP contribution in [0.3, 0.4) is 0 Å². The van der Waals surface area contributed by atoms with Gasteiger partial charge in [0.05, 0.1) is 23.9 Å². The van der Waals surface area contributed by atoms with Gasteiger partial charge in [-0.3, -0.25) is 4.79 Å². The summed E-state index contributed by atoms with van der Waals surface area (Å²) < 4.78 is 12.9. The summed E-state index contributed by atoms with van der Waals surface area (Å²) >= 11 is 6.58. The van der Waals surface area contributed by atoms with Crippen LogP contribution in [0.2, 0.25) is 5.02 Å². The van der Waals surface area contributed by atoms with Gasteiger partial charge in [-0.1, -0.05) is 24.3 Å². The molecule has 1 saturated heterocycles. The van der Waals surface area contributed by atoms with Crippen molar-refractivity contribution >= 4 is 40.9 Å². The summed E-state index contributed by atoms with van der Waals surface area (Å²) in [4.78, 5) is 18.8. The van der Waals surface area contributed by atoms with Crippen LogP contribution in [0.25, 0.3) is 17.5 Å². The molecule has 37 heavy (non-hydrogen) atoms. The van der Waals surface area contributed by atoms with E-state index in [9.17, 15) is 9.90 Å². The standard InChI is InChI=1S/C26H31ClN6O4/c1-5-18-19(28-2)7-8-20(24(18)27)29-26-30-25(31-32(26)3)16-6-9-21(22(14-16)36-4)37-15-23(35)33-12-10-17(34)11-13-33/h5-9,14,17,28,34H,1,10-13,15H2,2-4H3,(H,29,30,31). The van der Waals surface area contributed by atoms with E-state index in [2.05, 4.69) is 27.3 Å². The highest BCUT2D eigenvalue weighted by atomic mass is 35.5. The third kappa shape index (κ3) is 5.81. The fourth-order valence-corrected chi connectivity index (χ4v) is 4.40. The Hall–Kier alpha value is -3.76. The first-order valence-corrected chi connectivity index (χ1v) is 12.3. The van der Waals surface area contributed by atoms with Crippen LogP contribution in [0.15, 0.2) is 36.9 Å². The number of benzene rings is 2. The fraction of sp³-hybridized carbons (Fsp3) is 0.346. The van der Waals surface area contributed by atoms with Gasteiger partial charge in [-0.2, -0.15) is 4.98 Å². The van der Waals surface area contributed by atoms with Gasteiger partial charge in [-0.05, 0) is 43.2 Å². The number of nitrogens with one attached hydrogen (secondary N) is 2. The topological polar surface area (TPSA) is 114 Å². The number of halogens is 1. The average Bonchev–Trinajstić information content (AvgIpc) is 3.28. The molecule has 2 aromatic carbocycles. The van der Waals surface area contributed by atoms with Crippen molar-refractivity contribution in [3.63, 3.8) is 0 Å². The number of likely N-dealkylation sites (tertiary alicyclic amines) is 1. The summed E-state index contributed by atoms with van der Waals surface area (Å²) in [6.07, 6.45) is 2.53. The summed E-state index contributed by atoms with van der Waals surface area (Å²) in [5, 5.41) is 21.0. The van der Waals surface area contributed by atoms with Crippen LogP contribution in [-0.2, 0) is 11.8 Å². The van der Waals surface area contributed by atoms with Gasteiger partial charge >= 0.3 is 0 Å². The number of methoxy groups -OCH3 is 1. The molecule has 10 nitrogen and oxygen atoms in total. The number of hydrogen-bond donors (Lipinski definition) is 3. The van der Waals surface area contributed by atoms with Crippen molar-refractivity contribution in [3.8, 4) is 22.9 Å². The number of ether oxygens (including phenoxy) is 2. The first-order chi connectivity index (χ1) is 17.8. The summed E-state index contributed by atoms with van der Waals surface area (Å²) in [6, 6.07) is 9.07. The second-order valence-corrected chi connectivity index (χ2v) is 8.99. The van der Waals surface area contributed by atoms with Crippen LogP contribution in [0.5, 0.6) is 11.5 Å². The highest BCUT2D eigenvalue weighted by Gasteiger charge is 2.22. The first-order valence-electron chi connectivity index (χ1n) is 11.9. The molecule has 3 N–H and O–H groups in total. The van der Waals surface area contributed by atoms with E-state index in [1.165, 1.54) is 7.11 Å². The van der Waals surface area contributed by atoms with Gasteiger partial charge < -0.3 is 30.1 Å². The van der Waals surface area contributed by atoms with Gasteiger partial charge in [-0.25, -0.2) is 4.68 Å². The van der Waals surface area contributed by atoms with E-state index in [1.807, 2.05) is 25.2 Å². The molecule has 1 fully saturated rings. The Morgan fingerprint density at radius 2 is 1.97 bits per heavy atom. The number of hydrogen-bond acceptors (Lipinski definition) is 8. The normalized spacial score (nSPS) is 13.8. The molecule has 0 unspecified atom stereocenters. The molecule has 1 aromatic heterocycles. The summed E-state index contributed by atoms with van der Waals surface area (Å²) in [5.41, 5.74) is 3.04. The molecule has 1 aliphatic rings. The largest absolute Gasteiger partial charge is 0.493 e. The Kier molecular flexibility index (Phi) is 8.20. The Morgan fingerprint density at radius 1 is 1.24 bits per heavy atom. The van der Waals surface area contributed by atoms with E-state index >= 15 is 0 Å². The molecule has 3 aromatic rings. The molecule has 0 radical (unpaired) electrons. The van der Waals surface area contributed by atoms with Crippen molar-refractivity contribution in [2.45, 2.75) is 18.9 Å². The molecule has 0 spiro atoms.